The second-order valence-electron chi connectivity index (χ2n) is 3.32. The minimum atomic E-state index is -0.581. The fraction of sp³-hybridized carbons (Fsp3) is 0.200. The number of carbonyl (C=O) groups is 1. The van der Waals surface area contributed by atoms with E-state index in [4.69, 9.17) is 22.5 Å². The maximum absolute atomic E-state index is 11.8. The Morgan fingerprint density at radius 2 is 2.29 bits per heavy atom. The molecule has 0 bridgehead atoms. The number of nitrogens with one attached hydrogen (secondary N) is 1. The van der Waals surface area contributed by atoms with E-state index in [2.05, 4.69) is 26.4 Å². The van der Waals surface area contributed by atoms with Crippen molar-refractivity contribution in [1.82, 2.24) is 5.32 Å². The average Bonchev–Trinajstić information content (AvgIpc) is 2.31. The number of amides is 1. The Morgan fingerprint density at radius 1 is 1.65 bits per heavy atom. The predicted octanol–water partition coefficient (Wildman–Crippen LogP) is 1.97. The number of hydrogen-bond donors (Lipinski definition) is 3. The molecule has 0 saturated carbocycles. The van der Waals surface area contributed by atoms with Crippen molar-refractivity contribution < 1.29 is 10.0 Å². The van der Waals surface area contributed by atoms with Crippen molar-refractivity contribution in [3.8, 4) is 0 Å². The molecule has 0 fully saturated rings. The molecular weight excluding hydrogens is 309 g/mol. The van der Waals surface area contributed by atoms with E-state index in [1.54, 1.807) is 25.1 Å². The molecule has 7 heteroatoms. The van der Waals surface area contributed by atoms with Crippen molar-refractivity contribution in [3.63, 3.8) is 0 Å². The van der Waals surface area contributed by atoms with Gasteiger partial charge in [0.05, 0.1) is 16.6 Å². The zero-order valence-electron chi connectivity index (χ0n) is 8.95. The summed E-state index contributed by atoms with van der Waals surface area (Å²) in [7, 11) is 0. The lowest BCUT2D eigenvalue weighted by atomic mass is 10.2. The van der Waals surface area contributed by atoms with Crippen LogP contribution in [-0.4, -0.2) is 23.0 Å². The van der Waals surface area contributed by atoms with Gasteiger partial charge in [0.2, 0.25) is 0 Å². The fourth-order valence-electron chi connectivity index (χ4n) is 1.11. The summed E-state index contributed by atoms with van der Waals surface area (Å²) in [4.78, 5) is 11.8. The first-order chi connectivity index (χ1) is 7.97. The van der Waals surface area contributed by atoms with Crippen LogP contribution in [0.15, 0.2) is 27.8 Å². The van der Waals surface area contributed by atoms with E-state index >= 15 is 0 Å². The zero-order valence-corrected chi connectivity index (χ0v) is 11.3. The standard InChI is InChI=1S/C10H11BrClN3O2/c1-5(9(13)15-17)14-10(16)6-3-2-4-7(11)8(6)12/h2-5,17H,1H3,(H2,13,15)(H,14,16). The molecule has 1 aromatic carbocycles. The molecule has 5 nitrogen and oxygen atoms in total. The summed E-state index contributed by atoms with van der Waals surface area (Å²) in [6, 6.07) is 4.43. The SMILES string of the molecule is CC(NC(=O)c1cccc(Br)c1Cl)/C(N)=N/O. The van der Waals surface area contributed by atoms with Crippen LogP contribution in [0.1, 0.15) is 17.3 Å². The van der Waals surface area contributed by atoms with Gasteiger partial charge in [-0.15, -0.1) is 0 Å². The number of carbonyl (C=O) groups excluding carboxylic acids is 1. The van der Waals surface area contributed by atoms with Gasteiger partial charge in [-0.1, -0.05) is 22.8 Å². The lowest BCUT2D eigenvalue weighted by Crippen LogP contribution is -2.42. The Bertz CT molecular complexity index is 465. The number of amidine groups is 1. The normalized spacial score (nSPS) is 13.2. The third kappa shape index (κ3) is 3.34. The van der Waals surface area contributed by atoms with E-state index in [1.165, 1.54) is 0 Å². The summed E-state index contributed by atoms with van der Waals surface area (Å²) in [5.74, 6) is -0.472. The van der Waals surface area contributed by atoms with Crippen molar-refractivity contribution in [2.24, 2.45) is 10.9 Å². The van der Waals surface area contributed by atoms with Gasteiger partial charge in [-0.25, -0.2) is 0 Å². The largest absolute Gasteiger partial charge is 0.409 e. The Morgan fingerprint density at radius 3 is 2.88 bits per heavy atom. The summed E-state index contributed by atoms with van der Waals surface area (Å²) in [6.07, 6.45) is 0. The van der Waals surface area contributed by atoms with Gasteiger partial charge in [0.15, 0.2) is 5.84 Å². The van der Waals surface area contributed by atoms with Crippen LogP contribution >= 0.6 is 27.5 Å². The molecule has 1 rings (SSSR count). The van der Waals surface area contributed by atoms with Gasteiger partial charge in [0.25, 0.3) is 5.91 Å². The van der Waals surface area contributed by atoms with E-state index in [1.807, 2.05) is 0 Å². The van der Waals surface area contributed by atoms with Crippen molar-refractivity contribution in [2.45, 2.75) is 13.0 Å². The molecule has 1 aromatic rings. The molecule has 0 aliphatic rings. The molecule has 0 radical (unpaired) electrons. The average molecular weight is 321 g/mol. The van der Waals surface area contributed by atoms with Gasteiger partial charge in [-0.3, -0.25) is 4.79 Å². The number of rotatable bonds is 3. The molecule has 0 aliphatic carbocycles. The monoisotopic (exact) mass is 319 g/mol. The van der Waals surface area contributed by atoms with Crippen LogP contribution in [0.2, 0.25) is 5.02 Å². The summed E-state index contributed by atoms with van der Waals surface area (Å²) in [6.45, 7) is 1.60. The molecule has 0 heterocycles. The van der Waals surface area contributed by atoms with Crippen LogP contribution in [-0.2, 0) is 0 Å². The summed E-state index contributed by atoms with van der Waals surface area (Å²) in [5, 5.41) is 14.1. The van der Waals surface area contributed by atoms with E-state index in [0.717, 1.165) is 0 Å². The van der Waals surface area contributed by atoms with Gasteiger partial charge >= 0.3 is 0 Å². The molecule has 92 valence electrons. The van der Waals surface area contributed by atoms with Gasteiger partial charge < -0.3 is 16.3 Å². The van der Waals surface area contributed by atoms with E-state index in [0.29, 0.717) is 15.1 Å². The van der Waals surface area contributed by atoms with Crippen LogP contribution in [0.5, 0.6) is 0 Å². The topological polar surface area (TPSA) is 87.7 Å². The van der Waals surface area contributed by atoms with Crippen LogP contribution in [0, 0.1) is 0 Å². The second kappa shape index (κ2) is 5.88. The highest BCUT2D eigenvalue weighted by molar-refractivity contribution is 9.10. The van der Waals surface area contributed by atoms with Crippen molar-refractivity contribution in [2.75, 3.05) is 0 Å². The minimum Gasteiger partial charge on any atom is -0.409 e. The quantitative estimate of drug-likeness (QED) is 0.344. The van der Waals surface area contributed by atoms with Crippen LogP contribution in [0.3, 0.4) is 0 Å². The van der Waals surface area contributed by atoms with Gasteiger partial charge in [0.1, 0.15) is 0 Å². The Kier molecular flexibility index (Phi) is 4.77. The van der Waals surface area contributed by atoms with E-state index < -0.39 is 11.9 Å². The Balaban J connectivity index is 2.88. The van der Waals surface area contributed by atoms with Crippen molar-refractivity contribution in [3.05, 3.63) is 33.3 Å². The van der Waals surface area contributed by atoms with E-state index in [-0.39, 0.29) is 5.84 Å². The number of halogens is 2. The highest BCUT2D eigenvalue weighted by atomic mass is 79.9. The summed E-state index contributed by atoms with van der Waals surface area (Å²) in [5.41, 5.74) is 5.67. The number of nitrogens with two attached hydrogens (primary N) is 1. The third-order valence-corrected chi connectivity index (χ3v) is 3.40. The summed E-state index contributed by atoms with van der Waals surface area (Å²) < 4.78 is 0.628. The molecule has 0 saturated heterocycles. The number of benzene rings is 1. The molecular formula is C10H11BrClN3O2. The molecule has 0 spiro atoms. The van der Waals surface area contributed by atoms with Gasteiger partial charge in [-0.2, -0.15) is 0 Å². The molecule has 4 N–H and O–H groups in total. The van der Waals surface area contributed by atoms with Crippen molar-refractivity contribution in [1.29, 1.82) is 0 Å². The molecule has 0 aliphatic heterocycles. The Labute approximate surface area is 112 Å². The van der Waals surface area contributed by atoms with Crippen LogP contribution in [0.4, 0.5) is 0 Å². The highest BCUT2D eigenvalue weighted by Crippen LogP contribution is 2.25. The minimum absolute atomic E-state index is 0.0792. The maximum atomic E-state index is 11.8. The van der Waals surface area contributed by atoms with E-state index in [9.17, 15) is 4.79 Å². The lowest BCUT2D eigenvalue weighted by Gasteiger charge is -2.13. The predicted molar refractivity (Wildman–Crippen MR) is 69.5 cm³/mol. The molecule has 0 aromatic heterocycles. The first-order valence-corrected chi connectivity index (χ1v) is 5.86. The molecule has 1 amide bonds. The number of hydrogen-bond acceptors (Lipinski definition) is 3. The molecule has 17 heavy (non-hydrogen) atoms. The first-order valence-electron chi connectivity index (χ1n) is 4.69. The number of oxime groups is 1. The summed E-state index contributed by atoms with van der Waals surface area (Å²) >= 11 is 9.19. The first kappa shape index (κ1) is 13.8. The fourth-order valence-corrected chi connectivity index (χ4v) is 1.69. The third-order valence-electron chi connectivity index (χ3n) is 2.10. The maximum Gasteiger partial charge on any atom is 0.253 e. The zero-order chi connectivity index (χ0) is 13.0. The van der Waals surface area contributed by atoms with Crippen molar-refractivity contribution >= 4 is 39.3 Å². The number of nitrogens with zero attached hydrogens (tertiary/aromatic N) is 1. The molecule has 1 unspecified atom stereocenters. The Hall–Kier alpha value is -1.27. The second-order valence-corrected chi connectivity index (χ2v) is 4.55. The van der Waals surface area contributed by atoms with Crippen LogP contribution < -0.4 is 11.1 Å². The van der Waals surface area contributed by atoms with Crippen LogP contribution in [0.25, 0.3) is 0 Å². The highest BCUT2D eigenvalue weighted by Gasteiger charge is 2.16. The lowest BCUT2D eigenvalue weighted by molar-refractivity contribution is 0.0948. The smallest absolute Gasteiger partial charge is 0.253 e. The molecule has 1 atom stereocenters. The van der Waals surface area contributed by atoms with Gasteiger partial charge in [0, 0.05) is 4.47 Å². The van der Waals surface area contributed by atoms with Gasteiger partial charge in [-0.05, 0) is 35.0 Å².